The predicted molar refractivity (Wildman–Crippen MR) is 51.6 cm³/mol. The highest BCUT2D eigenvalue weighted by atomic mass is 79.9. The molecule has 2 heterocycles. The van der Waals surface area contributed by atoms with E-state index in [0.717, 1.165) is 0 Å². The van der Waals surface area contributed by atoms with Gasteiger partial charge in [-0.3, -0.25) is 4.98 Å². The Bertz CT molecular complexity index is 373. The third kappa shape index (κ3) is 1.83. The Hall–Kier alpha value is -0.660. The molecule has 1 saturated heterocycles. The van der Waals surface area contributed by atoms with E-state index in [2.05, 4.69) is 20.9 Å². The van der Waals surface area contributed by atoms with Gasteiger partial charge in [0.05, 0.1) is 13.2 Å². The van der Waals surface area contributed by atoms with Crippen molar-refractivity contribution in [3.63, 3.8) is 0 Å². The number of alkyl halides is 3. The number of ether oxygens (including phenoxy) is 2. The van der Waals surface area contributed by atoms with E-state index in [1.165, 1.54) is 18.3 Å². The summed E-state index contributed by atoms with van der Waals surface area (Å²) in [4.78, 5) is 3.68. The molecule has 16 heavy (non-hydrogen) atoms. The van der Waals surface area contributed by atoms with Crippen molar-refractivity contribution < 1.29 is 22.6 Å². The van der Waals surface area contributed by atoms with E-state index in [9.17, 15) is 13.2 Å². The Kier molecular flexibility index (Phi) is 2.93. The van der Waals surface area contributed by atoms with Crippen LogP contribution in [0.5, 0.6) is 0 Å². The average molecular weight is 298 g/mol. The predicted octanol–water partition coefficient (Wildman–Crippen LogP) is 2.61. The zero-order valence-electron chi connectivity index (χ0n) is 7.92. The van der Waals surface area contributed by atoms with Gasteiger partial charge in [-0.1, -0.05) is 0 Å². The van der Waals surface area contributed by atoms with Crippen molar-refractivity contribution in [1.29, 1.82) is 0 Å². The van der Waals surface area contributed by atoms with Crippen LogP contribution < -0.4 is 0 Å². The fraction of sp³-hybridized carbons (Fsp3) is 0.444. The summed E-state index contributed by atoms with van der Waals surface area (Å²) < 4.78 is 48.7. The van der Waals surface area contributed by atoms with Gasteiger partial charge in [-0.2, -0.15) is 13.2 Å². The second-order valence-corrected chi connectivity index (χ2v) is 4.09. The Labute approximate surface area is 97.7 Å². The Balaban J connectivity index is 2.44. The first-order valence-corrected chi connectivity index (χ1v) is 5.22. The minimum atomic E-state index is -4.65. The SMILES string of the molecule is FC(F)(F)C1(c2ccc(Br)cn2)OCCO1. The summed E-state index contributed by atoms with van der Waals surface area (Å²) in [5.74, 6) is -2.71. The minimum absolute atomic E-state index is 0.0999. The summed E-state index contributed by atoms with van der Waals surface area (Å²) in [7, 11) is 0. The molecular formula is C9H7BrF3NO2. The lowest BCUT2D eigenvalue weighted by Crippen LogP contribution is -2.44. The van der Waals surface area contributed by atoms with E-state index >= 15 is 0 Å². The van der Waals surface area contributed by atoms with Gasteiger partial charge >= 0.3 is 12.0 Å². The normalized spacial score (nSPS) is 20.0. The fourth-order valence-corrected chi connectivity index (χ4v) is 1.67. The molecule has 1 fully saturated rings. The van der Waals surface area contributed by atoms with Crippen LogP contribution in [0.25, 0.3) is 0 Å². The first-order chi connectivity index (χ1) is 7.46. The van der Waals surface area contributed by atoms with Gasteiger partial charge in [0.25, 0.3) is 0 Å². The topological polar surface area (TPSA) is 31.4 Å². The highest BCUT2D eigenvalue weighted by Crippen LogP contribution is 2.44. The maximum Gasteiger partial charge on any atom is 0.449 e. The molecule has 7 heteroatoms. The molecule has 0 radical (unpaired) electrons. The smallest absolute Gasteiger partial charge is 0.335 e. The molecule has 1 aliphatic rings. The Morgan fingerprint density at radius 3 is 2.31 bits per heavy atom. The zero-order chi connectivity index (χ0) is 11.8. The van der Waals surface area contributed by atoms with Crippen LogP contribution in [0.1, 0.15) is 5.69 Å². The third-order valence-corrected chi connectivity index (χ3v) is 2.60. The number of rotatable bonds is 1. The fourth-order valence-electron chi connectivity index (χ4n) is 1.44. The van der Waals surface area contributed by atoms with Crippen LogP contribution in [-0.2, 0) is 15.3 Å². The van der Waals surface area contributed by atoms with Gasteiger partial charge in [0, 0.05) is 10.7 Å². The summed E-state index contributed by atoms with van der Waals surface area (Å²) in [6.45, 7) is -0.200. The maximum atomic E-state index is 12.9. The third-order valence-electron chi connectivity index (χ3n) is 2.13. The molecule has 88 valence electrons. The summed E-state index contributed by atoms with van der Waals surface area (Å²) in [5, 5.41) is 0. The average Bonchev–Trinajstić information content (AvgIpc) is 2.68. The van der Waals surface area contributed by atoms with Crippen LogP contribution in [0.15, 0.2) is 22.8 Å². The van der Waals surface area contributed by atoms with Crippen molar-refractivity contribution in [3.8, 4) is 0 Å². The van der Waals surface area contributed by atoms with Crippen molar-refractivity contribution in [2.45, 2.75) is 12.0 Å². The van der Waals surface area contributed by atoms with Crippen molar-refractivity contribution in [2.24, 2.45) is 0 Å². The Morgan fingerprint density at radius 1 is 1.25 bits per heavy atom. The molecule has 0 unspecified atom stereocenters. The van der Waals surface area contributed by atoms with Crippen molar-refractivity contribution in [1.82, 2.24) is 4.98 Å². The molecule has 0 N–H and O–H groups in total. The van der Waals surface area contributed by atoms with E-state index in [-0.39, 0.29) is 18.9 Å². The van der Waals surface area contributed by atoms with Crippen LogP contribution >= 0.6 is 15.9 Å². The zero-order valence-corrected chi connectivity index (χ0v) is 9.51. The highest BCUT2D eigenvalue weighted by molar-refractivity contribution is 9.10. The van der Waals surface area contributed by atoms with Gasteiger partial charge in [0.15, 0.2) is 0 Å². The quantitative estimate of drug-likeness (QED) is 0.798. The van der Waals surface area contributed by atoms with Crippen LogP contribution in [0.4, 0.5) is 13.2 Å². The molecule has 3 nitrogen and oxygen atoms in total. The molecule has 0 amide bonds. The number of aromatic nitrogens is 1. The largest absolute Gasteiger partial charge is 0.449 e. The van der Waals surface area contributed by atoms with Crippen LogP contribution in [0, 0.1) is 0 Å². The molecule has 0 aromatic carbocycles. The van der Waals surface area contributed by atoms with Crippen molar-refractivity contribution in [2.75, 3.05) is 13.2 Å². The number of halogens is 4. The van der Waals surface area contributed by atoms with Gasteiger partial charge in [0.2, 0.25) is 0 Å². The van der Waals surface area contributed by atoms with Crippen LogP contribution in [0.2, 0.25) is 0 Å². The molecule has 0 atom stereocenters. The lowest BCUT2D eigenvalue weighted by atomic mass is 10.1. The number of pyridine rings is 1. The molecule has 0 bridgehead atoms. The summed E-state index contributed by atoms with van der Waals surface area (Å²) in [6, 6.07) is 2.68. The van der Waals surface area contributed by atoms with E-state index in [1.54, 1.807) is 0 Å². The molecule has 1 aliphatic heterocycles. The molecule has 0 aliphatic carbocycles. The lowest BCUT2D eigenvalue weighted by molar-refractivity contribution is -0.354. The maximum absolute atomic E-state index is 12.9. The minimum Gasteiger partial charge on any atom is -0.335 e. The number of hydrogen-bond donors (Lipinski definition) is 0. The molecular weight excluding hydrogens is 291 g/mol. The highest BCUT2D eigenvalue weighted by Gasteiger charge is 2.62. The van der Waals surface area contributed by atoms with Gasteiger partial charge < -0.3 is 9.47 Å². The monoisotopic (exact) mass is 297 g/mol. The standard InChI is InChI=1S/C9H7BrF3NO2/c10-6-1-2-7(14-5-6)8(9(11,12)13)15-3-4-16-8/h1-2,5H,3-4H2. The molecule has 1 aromatic rings. The van der Waals surface area contributed by atoms with Gasteiger partial charge in [-0.05, 0) is 28.1 Å². The molecule has 2 rings (SSSR count). The van der Waals surface area contributed by atoms with Gasteiger partial charge in [-0.25, -0.2) is 0 Å². The Morgan fingerprint density at radius 2 is 1.88 bits per heavy atom. The van der Waals surface area contributed by atoms with Crippen LogP contribution in [0.3, 0.4) is 0 Å². The van der Waals surface area contributed by atoms with E-state index in [4.69, 9.17) is 9.47 Å². The number of hydrogen-bond acceptors (Lipinski definition) is 3. The lowest BCUT2D eigenvalue weighted by Gasteiger charge is -2.28. The molecule has 1 aromatic heterocycles. The van der Waals surface area contributed by atoms with Crippen molar-refractivity contribution >= 4 is 15.9 Å². The second-order valence-electron chi connectivity index (χ2n) is 3.17. The van der Waals surface area contributed by atoms with E-state index in [0.29, 0.717) is 4.47 Å². The van der Waals surface area contributed by atoms with Crippen LogP contribution in [-0.4, -0.2) is 24.4 Å². The van der Waals surface area contributed by atoms with Crippen molar-refractivity contribution in [3.05, 3.63) is 28.5 Å². The summed E-state index contributed by atoms with van der Waals surface area (Å²) >= 11 is 3.10. The van der Waals surface area contributed by atoms with Gasteiger partial charge in [-0.15, -0.1) is 0 Å². The molecule has 0 spiro atoms. The first-order valence-electron chi connectivity index (χ1n) is 4.42. The second kappa shape index (κ2) is 3.97. The first kappa shape index (κ1) is 11.8. The molecule has 0 saturated carbocycles. The summed E-state index contributed by atoms with van der Waals surface area (Å²) in [5.41, 5.74) is -0.291. The van der Waals surface area contributed by atoms with E-state index < -0.39 is 12.0 Å². The number of nitrogens with zero attached hydrogens (tertiary/aromatic N) is 1. The summed E-state index contributed by atoms with van der Waals surface area (Å²) in [6.07, 6.45) is -3.38. The van der Waals surface area contributed by atoms with Gasteiger partial charge in [0.1, 0.15) is 5.69 Å². The van der Waals surface area contributed by atoms with E-state index in [1.807, 2.05) is 0 Å².